The zero-order valence-corrected chi connectivity index (χ0v) is 28.0. The average Bonchev–Trinajstić information content (AvgIpc) is 3.79. The van der Waals surface area contributed by atoms with E-state index in [4.69, 9.17) is 15.0 Å². The number of para-hydroxylation sites is 3. The summed E-state index contributed by atoms with van der Waals surface area (Å²) in [7, 11) is 0. The lowest BCUT2D eigenvalue weighted by Gasteiger charge is -2.15. The Bertz CT molecular complexity index is 3160. The van der Waals surface area contributed by atoms with Gasteiger partial charge in [0.1, 0.15) is 5.82 Å². The Labute approximate surface area is 298 Å². The third-order valence-corrected chi connectivity index (χ3v) is 10.3. The first kappa shape index (κ1) is 28.7. The molecular weight excluding hydrogens is 635 g/mol. The van der Waals surface area contributed by atoms with E-state index in [-0.39, 0.29) is 0 Å². The minimum absolute atomic E-state index is 0.631. The van der Waals surface area contributed by atoms with Gasteiger partial charge in [0.2, 0.25) is 5.95 Å². The number of benzene rings is 7. The minimum atomic E-state index is 0.631. The van der Waals surface area contributed by atoms with Crippen molar-refractivity contribution in [2.75, 3.05) is 0 Å². The van der Waals surface area contributed by atoms with Crippen LogP contribution in [0.5, 0.6) is 0 Å². The number of rotatable bonds is 4. The Hall–Kier alpha value is -7.11. The Morgan fingerprint density at radius 1 is 0.346 bits per heavy atom. The van der Waals surface area contributed by atoms with Crippen LogP contribution in [0.2, 0.25) is 0 Å². The van der Waals surface area contributed by atoms with Crippen molar-refractivity contribution in [3.8, 4) is 39.9 Å². The van der Waals surface area contributed by atoms with Crippen LogP contribution in [-0.4, -0.2) is 23.9 Å². The standard InChI is InChI=1S/C47H29N5/c1-4-16-30(17-5-1)42-37-24-10-13-25-38(37)48-47(50-42)52-40-27-15-12-23-34(40)36-29-28-35-33-22-11-14-26-39(33)51-45(41(35)44(36)52)43(31-18-6-2-7-19-31)49-46(51)32-20-8-3-9-21-32/h1-29H. The Morgan fingerprint density at radius 3 is 1.60 bits per heavy atom. The van der Waals surface area contributed by atoms with Gasteiger partial charge in [-0.05, 0) is 23.6 Å². The maximum absolute atomic E-state index is 5.51. The third-order valence-electron chi connectivity index (χ3n) is 10.3. The summed E-state index contributed by atoms with van der Waals surface area (Å²) in [6.45, 7) is 0. The van der Waals surface area contributed by atoms with Crippen LogP contribution in [0.1, 0.15) is 0 Å². The highest BCUT2D eigenvalue weighted by molar-refractivity contribution is 6.28. The molecule has 242 valence electrons. The molecule has 0 amide bonds. The summed E-state index contributed by atoms with van der Waals surface area (Å²) in [5.74, 6) is 1.53. The molecule has 0 spiro atoms. The fraction of sp³-hybridized carbons (Fsp3) is 0. The van der Waals surface area contributed by atoms with Crippen molar-refractivity contribution in [1.29, 1.82) is 0 Å². The maximum atomic E-state index is 5.51. The van der Waals surface area contributed by atoms with E-state index < -0.39 is 0 Å². The van der Waals surface area contributed by atoms with Crippen molar-refractivity contribution in [1.82, 2.24) is 23.9 Å². The summed E-state index contributed by atoms with van der Waals surface area (Å²) >= 11 is 0. The quantitative estimate of drug-likeness (QED) is 0.176. The highest BCUT2D eigenvalue weighted by Gasteiger charge is 2.25. The van der Waals surface area contributed by atoms with Crippen molar-refractivity contribution in [3.63, 3.8) is 0 Å². The maximum Gasteiger partial charge on any atom is 0.235 e. The molecular formula is C47H29N5. The van der Waals surface area contributed by atoms with E-state index in [0.29, 0.717) is 5.95 Å². The van der Waals surface area contributed by atoms with Gasteiger partial charge in [0, 0.05) is 43.6 Å². The van der Waals surface area contributed by atoms with Gasteiger partial charge in [-0.3, -0.25) is 8.97 Å². The molecule has 4 aromatic heterocycles. The SMILES string of the molecule is c1ccc(-c2nc(-n3c4ccccc4c4ccc5c6ccccc6n6c(-c7ccccc7)nc(-c7ccccc7)c6c5c43)nc3ccccc23)cc1. The van der Waals surface area contributed by atoms with Crippen molar-refractivity contribution in [3.05, 3.63) is 176 Å². The van der Waals surface area contributed by atoms with Crippen LogP contribution in [0, 0.1) is 0 Å². The first-order chi connectivity index (χ1) is 25.8. The molecule has 5 nitrogen and oxygen atoms in total. The molecule has 4 heterocycles. The number of nitrogens with zero attached hydrogens (tertiary/aromatic N) is 5. The number of hydrogen-bond acceptors (Lipinski definition) is 3. The summed E-state index contributed by atoms with van der Waals surface area (Å²) in [5.41, 5.74) is 10.2. The van der Waals surface area contributed by atoms with Crippen molar-refractivity contribution in [2.24, 2.45) is 0 Å². The molecule has 0 radical (unpaired) electrons. The van der Waals surface area contributed by atoms with E-state index in [1.165, 1.54) is 0 Å². The molecule has 0 fully saturated rings. The molecule has 0 saturated heterocycles. The molecule has 0 unspecified atom stereocenters. The van der Waals surface area contributed by atoms with E-state index >= 15 is 0 Å². The van der Waals surface area contributed by atoms with Crippen molar-refractivity contribution in [2.45, 2.75) is 0 Å². The third kappa shape index (κ3) is 4.14. The lowest BCUT2D eigenvalue weighted by Crippen LogP contribution is -2.04. The van der Waals surface area contributed by atoms with E-state index in [9.17, 15) is 0 Å². The summed E-state index contributed by atoms with van der Waals surface area (Å²) in [5, 5.41) is 6.72. The first-order valence-corrected chi connectivity index (χ1v) is 17.6. The average molecular weight is 664 g/mol. The monoisotopic (exact) mass is 663 g/mol. The molecule has 0 aliphatic rings. The van der Waals surface area contributed by atoms with E-state index in [2.05, 4.69) is 173 Å². The Morgan fingerprint density at radius 2 is 0.885 bits per heavy atom. The van der Waals surface area contributed by atoms with Gasteiger partial charge in [-0.25, -0.2) is 15.0 Å². The Kier molecular flexibility index (Phi) is 6.18. The molecule has 7 aromatic carbocycles. The number of aromatic nitrogens is 5. The number of pyridine rings is 1. The zero-order valence-electron chi connectivity index (χ0n) is 28.0. The molecule has 0 aliphatic carbocycles. The second kappa shape index (κ2) is 11.2. The van der Waals surface area contributed by atoms with Crippen molar-refractivity contribution >= 4 is 59.9 Å². The molecule has 0 atom stereocenters. The first-order valence-electron chi connectivity index (χ1n) is 17.6. The van der Waals surface area contributed by atoms with Gasteiger partial charge < -0.3 is 0 Å². The van der Waals surface area contributed by atoms with Crippen LogP contribution >= 0.6 is 0 Å². The fourth-order valence-electron chi connectivity index (χ4n) is 8.07. The highest BCUT2D eigenvalue weighted by atomic mass is 15.2. The van der Waals surface area contributed by atoms with Crippen LogP contribution in [-0.2, 0) is 0 Å². The van der Waals surface area contributed by atoms with Crippen LogP contribution in [0.3, 0.4) is 0 Å². The van der Waals surface area contributed by atoms with Crippen LogP contribution in [0.25, 0.3) is 99.8 Å². The molecule has 0 saturated carbocycles. The van der Waals surface area contributed by atoms with E-state index in [0.717, 1.165) is 93.8 Å². The summed E-state index contributed by atoms with van der Waals surface area (Å²) in [6, 6.07) is 61.7. The van der Waals surface area contributed by atoms with E-state index in [1.807, 2.05) is 12.1 Å². The lowest BCUT2D eigenvalue weighted by molar-refractivity contribution is 1.02. The Balaban J connectivity index is 1.40. The minimum Gasteiger partial charge on any atom is -0.291 e. The van der Waals surface area contributed by atoms with Gasteiger partial charge in [0.15, 0.2) is 0 Å². The van der Waals surface area contributed by atoms with Crippen LogP contribution in [0.4, 0.5) is 0 Å². The highest BCUT2D eigenvalue weighted by Crippen LogP contribution is 2.44. The largest absolute Gasteiger partial charge is 0.291 e. The summed E-state index contributed by atoms with van der Waals surface area (Å²) < 4.78 is 4.65. The predicted molar refractivity (Wildman–Crippen MR) is 214 cm³/mol. The van der Waals surface area contributed by atoms with Gasteiger partial charge in [-0.15, -0.1) is 0 Å². The smallest absolute Gasteiger partial charge is 0.235 e. The molecule has 5 heteroatoms. The molecule has 0 aliphatic heterocycles. The summed E-state index contributed by atoms with van der Waals surface area (Å²) in [6.07, 6.45) is 0. The van der Waals surface area contributed by atoms with Gasteiger partial charge in [-0.1, -0.05) is 158 Å². The lowest BCUT2D eigenvalue weighted by atomic mass is 9.99. The van der Waals surface area contributed by atoms with Crippen LogP contribution < -0.4 is 0 Å². The predicted octanol–water partition coefficient (Wildman–Crippen LogP) is 11.7. The second-order valence-corrected chi connectivity index (χ2v) is 13.2. The number of imidazole rings is 1. The van der Waals surface area contributed by atoms with Gasteiger partial charge >= 0.3 is 0 Å². The number of fused-ring (bicyclic) bond motifs is 11. The topological polar surface area (TPSA) is 48.0 Å². The number of hydrogen-bond donors (Lipinski definition) is 0. The molecule has 11 rings (SSSR count). The van der Waals surface area contributed by atoms with Crippen molar-refractivity contribution < 1.29 is 0 Å². The van der Waals surface area contributed by atoms with Gasteiger partial charge in [-0.2, -0.15) is 0 Å². The molecule has 0 bridgehead atoms. The zero-order chi connectivity index (χ0) is 34.2. The summed E-state index contributed by atoms with van der Waals surface area (Å²) in [4.78, 5) is 16.3. The molecule has 11 aromatic rings. The molecule has 0 N–H and O–H groups in total. The fourth-order valence-corrected chi connectivity index (χ4v) is 8.07. The normalized spacial score (nSPS) is 11.8. The van der Waals surface area contributed by atoms with Crippen LogP contribution in [0.15, 0.2) is 176 Å². The van der Waals surface area contributed by atoms with E-state index in [1.54, 1.807) is 0 Å². The van der Waals surface area contributed by atoms with Gasteiger partial charge in [0.25, 0.3) is 0 Å². The molecule has 52 heavy (non-hydrogen) atoms. The second-order valence-electron chi connectivity index (χ2n) is 13.2. The van der Waals surface area contributed by atoms with Gasteiger partial charge in [0.05, 0.1) is 39.0 Å².